The Hall–Kier alpha value is -0.860. The number of nitrogens with one attached hydrogen (secondary N) is 1. The van der Waals surface area contributed by atoms with Crippen LogP contribution in [0.4, 0.5) is 0 Å². The van der Waals surface area contributed by atoms with E-state index in [-0.39, 0.29) is 6.10 Å². The van der Waals surface area contributed by atoms with Crippen molar-refractivity contribution in [3.8, 4) is 0 Å². The minimum absolute atomic E-state index is 0.226. The van der Waals surface area contributed by atoms with Crippen LogP contribution in [0, 0.1) is 0 Å². The van der Waals surface area contributed by atoms with Crippen molar-refractivity contribution >= 4 is 0 Å². The van der Waals surface area contributed by atoms with E-state index < -0.39 is 0 Å². The van der Waals surface area contributed by atoms with Crippen molar-refractivity contribution in [3.05, 3.63) is 35.4 Å². The molecular formula is C14H21NO. The van der Waals surface area contributed by atoms with Gasteiger partial charge in [-0.05, 0) is 24.0 Å². The number of ether oxygens (including phenoxy) is 1. The minimum Gasteiger partial charge on any atom is -0.368 e. The van der Waals surface area contributed by atoms with E-state index in [9.17, 15) is 0 Å². The highest BCUT2D eigenvalue weighted by atomic mass is 16.5. The van der Waals surface area contributed by atoms with Crippen LogP contribution in [0.1, 0.15) is 37.5 Å². The summed E-state index contributed by atoms with van der Waals surface area (Å²) in [5.74, 6) is 0. The van der Waals surface area contributed by atoms with Crippen LogP contribution >= 0.6 is 0 Å². The molecule has 88 valence electrons. The molecule has 2 heteroatoms. The number of benzene rings is 1. The predicted molar refractivity (Wildman–Crippen MR) is 66.6 cm³/mol. The van der Waals surface area contributed by atoms with Crippen LogP contribution in [0.15, 0.2) is 24.3 Å². The van der Waals surface area contributed by atoms with Gasteiger partial charge in [0.25, 0.3) is 0 Å². The third-order valence-electron chi connectivity index (χ3n) is 3.27. The van der Waals surface area contributed by atoms with Gasteiger partial charge >= 0.3 is 0 Å². The number of rotatable bonds is 3. The van der Waals surface area contributed by atoms with Crippen molar-refractivity contribution in [2.45, 2.75) is 38.9 Å². The zero-order chi connectivity index (χ0) is 11.4. The van der Waals surface area contributed by atoms with Crippen molar-refractivity contribution in [1.82, 2.24) is 5.32 Å². The van der Waals surface area contributed by atoms with Gasteiger partial charge in [-0.2, -0.15) is 0 Å². The smallest absolute Gasteiger partial charge is 0.0953 e. The fourth-order valence-corrected chi connectivity index (χ4v) is 2.11. The van der Waals surface area contributed by atoms with Gasteiger partial charge in [0.2, 0.25) is 0 Å². The molecule has 1 aromatic rings. The molecule has 1 aliphatic heterocycles. The van der Waals surface area contributed by atoms with Crippen molar-refractivity contribution in [3.63, 3.8) is 0 Å². The summed E-state index contributed by atoms with van der Waals surface area (Å²) in [6, 6.07) is 8.80. The van der Waals surface area contributed by atoms with Gasteiger partial charge in [-0.25, -0.2) is 0 Å². The molecule has 1 aromatic carbocycles. The SMILES string of the molecule is CCc1ccc(C2CNCC(CC)O2)cc1. The number of aryl methyl sites for hydroxylation is 1. The lowest BCUT2D eigenvalue weighted by Crippen LogP contribution is -2.40. The summed E-state index contributed by atoms with van der Waals surface area (Å²) in [5.41, 5.74) is 2.68. The Labute approximate surface area is 98.0 Å². The van der Waals surface area contributed by atoms with E-state index in [1.165, 1.54) is 11.1 Å². The fourth-order valence-electron chi connectivity index (χ4n) is 2.11. The average molecular weight is 219 g/mol. The zero-order valence-corrected chi connectivity index (χ0v) is 10.2. The lowest BCUT2D eigenvalue weighted by Gasteiger charge is -2.30. The van der Waals surface area contributed by atoms with Crippen molar-refractivity contribution in [2.24, 2.45) is 0 Å². The first-order chi connectivity index (χ1) is 7.83. The number of hydrogen-bond acceptors (Lipinski definition) is 2. The maximum Gasteiger partial charge on any atom is 0.0953 e. The van der Waals surface area contributed by atoms with Gasteiger partial charge in [0.15, 0.2) is 0 Å². The topological polar surface area (TPSA) is 21.3 Å². The molecule has 1 aliphatic rings. The normalized spacial score (nSPS) is 25.6. The second-order valence-corrected chi connectivity index (χ2v) is 4.41. The maximum atomic E-state index is 6.03. The second kappa shape index (κ2) is 5.46. The molecule has 0 aliphatic carbocycles. The molecule has 2 atom stereocenters. The Bertz CT molecular complexity index is 320. The summed E-state index contributed by atoms with van der Waals surface area (Å²) < 4.78 is 6.03. The van der Waals surface area contributed by atoms with Crippen LogP contribution in [-0.2, 0) is 11.2 Å². The van der Waals surface area contributed by atoms with Crippen molar-refractivity contribution < 1.29 is 4.74 Å². The first kappa shape index (κ1) is 11.6. The standard InChI is InChI=1S/C14H21NO/c1-3-11-5-7-12(8-6-11)14-10-15-9-13(4-2)16-14/h5-8,13-15H,3-4,9-10H2,1-2H3. The summed E-state index contributed by atoms with van der Waals surface area (Å²) in [6.07, 6.45) is 2.77. The van der Waals surface area contributed by atoms with Crippen LogP contribution in [-0.4, -0.2) is 19.2 Å². The van der Waals surface area contributed by atoms with E-state index in [0.717, 1.165) is 25.9 Å². The lowest BCUT2D eigenvalue weighted by molar-refractivity contribution is -0.0399. The van der Waals surface area contributed by atoms with Crippen LogP contribution < -0.4 is 5.32 Å². The van der Waals surface area contributed by atoms with Gasteiger partial charge in [0, 0.05) is 13.1 Å². The molecule has 0 spiro atoms. The Morgan fingerprint density at radius 1 is 1.19 bits per heavy atom. The average Bonchev–Trinajstić information content (AvgIpc) is 2.39. The molecule has 2 rings (SSSR count). The summed E-state index contributed by atoms with van der Waals surface area (Å²) in [6.45, 7) is 6.28. The molecule has 1 saturated heterocycles. The highest BCUT2D eigenvalue weighted by molar-refractivity contribution is 5.24. The van der Waals surface area contributed by atoms with Gasteiger partial charge in [-0.3, -0.25) is 0 Å². The van der Waals surface area contributed by atoms with Crippen LogP contribution in [0.2, 0.25) is 0 Å². The molecule has 0 bridgehead atoms. The summed E-state index contributed by atoms with van der Waals surface area (Å²) >= 11 is 0. The first-order valence-electron chi connectivity index (χ1n) is 6.28. The van der Waals surface area contributed by atoms with E-state index in [1.807, 2.05) is 0 Å². The fraction of sp³-hybridized carbons (Fsp3) is 0.571. The third-order valence-corrected chi connectivity index (χ3v) is 3.27. The highest BCUT2D eigenvalue weighted by Gasteiger charge is 2.21. The third kappa shape index (κ3) is 2.63. The van der Waals surface area contributed by atoms with E-state index in [0.29, 0.717) is 6.10 Å². The van der Waals surface area contributed by atoms with Crippen molar-refractivity contribution in [1.29, 1.82) is 0 Å². The largest absolute Gasteiger partial charge is 0.368 e. The van der Waals surface area contributed by atoms with Gasteiger partial charge < -0.3 is 10.1 Å². The number of hydrogen-bond donors (Lipinski definition) is 1. The van der Waals surface area contributed by atoms with E-state index in [2.05, 4.69) is 43.4 Å². The Balaban J connectivity index is 2.05. The van der Waals surface area contributed by atoms with Gasteiger partial charge in [-0.1, -0.05) is 38.1 Å². The maximum absolute atomic E-state index is 6.03. The predicted octanol–water partition coefficient (Wildman–Crippen LogP) is 2.69. The summed E-state index contributed by atoms with van der Waals surface area (Å²) in [4.78, 5) is 0. The van der Waals surface area contributed by atoms with Gasteiger partial charge in [0.1, 0.15) is 0 Å². The molecule has 1 fully saturated rings. The Morgan fingerprint density at radius 2 is 1.94 bits per heavy atom. The second-order valence-electron chi connectivity index (χ2n) is 4.41. The van der Waals surface area contributed by atoms with E-state index in [1.54, 1.807) is 0 Å². The summed E-state index contributed by atoms with van der Waals surface area (Å²) in [7, 11) is 0. The van der Waals surface area contributed by atoms with Crippen LogP contribution in [0.25, 0.3) is 0 Å². The minimum atomic E-state index is 0.226. The highest BCUT2D eigenvalue weighted by Crippen LogP contribution is 2.22. The zero-order valence-electron chi connectivity index (χ0n) is 10.2. The molecule has 1 N–H and O–H groups in total. The van der Waals surface area contributed by atoms with E-state index >= 15 is 0 Å². The number of morpholine rings is 1. The molecule has 0 radical (unpaired) electrons. The lowest BCUT2D eigenvalue weighted by atomic mass is 10.0. The Kier molecular flexibility index (Phi) is 3.97. The van der Waals surface area contributed by atoms with E-state index in [4.69, 9.17) is 4.74 Å². The molecule has 2 nitrogen and oxygen atoms in total. The quantitative estimate of drug-likeness (QED) is 0.844. The molecule has 2 unspecified atom stereocenters. The first-order valence-corrected chi connectivity index (χ1v) is 6.28. The van der Waals surface area contributed by atoms with Crippen LogP contribution in [0.5, 0.6) is 0 Å². The van der Waals surface area contributed by atoms with Gasteiger partial charge in [0.05, 0.1) is 12.2 Å². The monoisotopic (exact) mass is 219 g/mol. The van der Waals surface area contributed by atoms with Crippen molar-refractivity contribution in [2.75, 3.05) is 13.1 Å². The molecule has 0 amide bonds. The molecule has 0 aromatic heterocycles. The molecule has 0 saturated carbocycles. The molecule has 16 heavy (non-hydrogen) atoms. The Morgan fingerprint density at radius 3 is 2.56 bits per heavy atom. The van der Waals surface area contributed by atoms with Gasteiger partial charge in [-0.15, -0.1) is 0 Å². The molecule has 1 heterocycles. The summed E-state index contributed by atoms with van der Waals surface area (Å²) in [5, 5.41) is 3.44. The van der Waals surface area contributed by atoms with Crippen LogP contribution in [0.3, 0.4) is 0 Å². The molecular weight excluding hydrogens is 198 g/mol.